The van der Waals surface area contributed by atoms with Crippen molar-refractivity contribution in [3.05, 3.63) is 48.3 Å². The van der Waals surface area contributed by atoms with E-state index in [0.717, 1.165) is 29.6 Å². The van der Waals surface area contributed by atoms with Crippen LogP contribution in [0.1, 0.15) is 32.1 Å². The van der Waals surface area contributed by atoms with E-state index in [1.807, 2.05) is 12.1 Å². The smallest absolute Gasteiger partial charge is 0.166 e. The van der Waals surface area contributed by atoms with E-state index in [0.29, 0.717) is 34.4 Å². The van der Waals surface area contributed by atoms with Crippen molar-refractivity contribution in [1.29, 1.82) is 0 Å². The molecule has 0 radical (unpaired) electrons. The summed E-state index contributed by atoms with van der Waals surface area (Å²) in [5, 5.41) is 4.96. The second kappa shape index (κ2) is 6.72. The highest BCUT2D eigenvalue weighted by Crippen LogP contribution is 2.43. The van der Waals surface area contributed by atoms with Crippen molar-refractivity contribution >= 4 is 27.8 Å². The average molecular weight is 405 g/mol. The molecular formula is C23H21F2N5. The van der Waals surface area contributed by atoms with Gasteiger partial charge in [-0.3, -0.25) is 0 Å². The summed E-state index contributed by atoms with van der Waals surface area (Å²) >= 11 is 0. The number of rotatable bonds is 3. The lowest BCUT2D eigenvalue weighted by atomic mass is 9.68. The predicted octanol–water partition coefficient (Wildman–Crippen LogP) is 5.44. The number of H-pyrrole nitrogens is 1. The number of pyridine rings is 1. The van der Waals surface area contributed by atoms with Gasteiger partial charge < -0.3 is 10.3 Å². The van der Waals surface area contributed by atoms with Gasteiger partial charge in [0.15, 0.2) is 11.5 Å². The molecule has 3 aliphatic rings. The van der Waals surface area contributed by atoms with Crippen molar-refractivity contribution in [3.63, 3.8) is 0 Å². The number of hydrogen-bond donors (Lipinski definition) is 2. The van der Waals surface area contributed by atoms with Crippen LogP contribution in [0.5, 0.6) is 0 Å². The van der Waals surface area contributed by atoms with Gasteiger partial charge >= 0.3 is 0 Å². The van der Waals surface area contributed by atoms with Crippen LogP contribution in [0.2, 0.25) is 0 Å². The number of halogens is 2. The molecule has 7 heteroatoms. The van der Waals surface area contributed by atoms with E-state index in [1.165, 1.54) is 31.7 Å². The molecule has 3 fully saturated rings. The third-order valence-corrected chi connectivity index (χ3v) is 6.79. The molecule has 2 bridgehead atoms. The molecule has 3 saturated carbocycles. The Morgan fingerprint density at radius 1 is 1.03 bits per heavy atom. The van der Waals surface area contributed by atoms with Crippen LogP contribution >= 0.6 is 0 Å². The fourth-order valence-corrected chi connectivity index (χ4v) is 5.26. The van der Waals surface area contributed by atoms with Crippen molar-refractivity contribution in [3.8, 4) is 11.4 Å². The van der Waals surface area contributed by atoms with Crippen LogP contribution in [0, 0.1) is 23.5 Å². The van der Waals surface area contributed by atoms with Crippen molar-refractivity contribution in [2.24, 2.45) is 11.8 Å². The number of anilines is 1. The largest absolute Gasteiger partial charge is 0.366 e. The van der Waals surface area contributed by atoms with Crippen molar-refractivity contribution in [1.82, 2.24) is 19.9 Å². The van der Waals surface area contributed by atoms with E-state index in [4.69, 9.17) is 4.98 Å². The van der Waals surface area contributed by atoms with E-state index < -0.39 is 11.6 Å². The minimum absolute atomic E-state index is 0.246. The molecule has 3 aromatic heterocycles. The highest BCUT2D eigenvalue weighted by Gasteiger charge is 2.36. The molecule has 3 aliphatic carbocycles. The Morgan fingerprint density at radius 3 is 2.70 bits per heavy atom. The van der Waals surface area contributed by atoms with E-state index in [9.17, 15) is 8.78 Å². The lowest BCUT2D eigenvalue weighted by Crippen LogP contribution is -2.40. The molecule has 2 N–H and O–H groups in total. The van der Waals surface area contributed by atoms with Crippen molar-refractivity contribution in [2.75, 3.05) is 5.32 Å². The summed E-state index contributed by atoms with van der Waals surface area (Å²) in [5.41, 5.74) is 1.37. The highest BCUT2D eigenvalue weighted by atomic mass is 19.1. The van der Waals surface area contributed by atoms with Crippen LogP contribution in [0.25, 0.3) is 33.3 Å². The summed E-state index contributed by atoms with van der Waals surface area (Å²) in [5.74, 6) is 1.34. The Bertz CT molecular complexity index is 1260. The normalized spacial score (nSPS) is 23.3. The van der Waals surface area contributed by atoms with Crippen LogP contribution in [0.3, 0.4) is 0 Å². The lowest BCUT2D eigenvalue weighted by molar-refractivity contribution is 0.157. The molecule has 7 rings (SSSR count). The SMILES string of the molecule is Fc1cc(F)c2[nH]cc(-c3nc(N[C@@H]4CC5CCC4CC5)c4cccnc4n3)c2c1. The topological polar surface area (TPSA) is 66.5 Å². The van der Waals surface area contributed by atoms with Gasteiger partial charge in [0.1, 0.15) is 17.5 Å². The van der Waals surface area contributed by atoms with Gasteiger partial charge in [0, 0.05) is 35.5 Å². The first kappa shape index (κ1) is 17.7. The maximum absolute atomic E-state index is 14.2. The zero-order chi connectivity index (χ0) is 20.2. The van der Waals surface area contributed by atoms with Gasteiger partial charge in [-0.25, -0.2) is 23.7 Å². The van der Waals surface area contributed by atoms with Crippen LogP contribution < -0.4 is 5.32 Å². The Kier molecular flexibility index (Phi) is 3.97. The molecule has 3 heterocycles. The number of aromatic amines is 1. The molecule has 1 aromatic carbocycles. The first-order valence-corrected chi connectivity index (χ1v) is 10.5. The van der Waals surface area contributed by atoms with Gasteiger partial charge in [-0.2, -0.15) is 0 Å². The first-order valence-electron chi connectivity index (χ1n) is 10.5. The maximum atomic E-state index is 14.2. The number of nitrogens with zero attached hydrogens (tertiary/aromatic N) is 3. The average Bonchev–Trinajstić information content (AvgIpc) is 3.19. The zero-order valence-corrected chi connectivity index (χ0v) is 16.3. The summed E-state index contributed by atoms with van der Waals surface area (Å²) in [6.45, 7) is 0. The summed E-state index contributed by atoms with van der Waals surface area (Å²) in [4.78, 5) is 16.7. The molecule has 0 aliphatic heterocycles. The standard InChI is InChI=1S/C23H21F2N5/c24-14-9-16-17(11-27-20(16)18(25)10-14)23-29-21-15(2-1-7-26-21)22(30-23)28-19-8-12-3-5-13(19)6-4-12/h1-2,7,9-13,19,27H,3-6,8H2,(H,26,28,29,30)/t12?,13?,19-/m1/s1. The van der Waals surface area contributed by atoms with Crippen LogP contribution in [-0.4, -0.2) is 26.0 Å². The molecule has 30 heavy (non-hydrogen) atoms. The molecule has 152 valence electrons. The minimum Gasteiger partial charge on any atom is -0.366 e. The van der Waals surface area contributed by atoms with Crippen molar-refractivity contribution in [2.45, 2.75) is 38.1 Å². The molecule has 0 spiro atoms. The Balaban J connectivity index is 1.48. The molecule has 0 unspecified atom stereocenters. The first-order chi connectivity index (χ1) is 14.7. The van der Waals surface area contributed by atoms with Gasteiger partial charge in [-0.1, -0.05) is 12.8 Å². The number of fused-ring (bicyclic) bond motifs is 5. The summed E-state index contributed by atoms with van der Waals surface area (Å²) in [7, 11) is 0. The van der Waals surface area contributed by atoms with E-state index in [1.54, 1.807) is 12.4 Å². The second-order valence-electron chi connectivity index (χ2n) is 8.55. The third kappa shape index (κ3) is 2.83. The number of benzene rings is 1. The zero-order valence-electron chi connectivity index (χ0n) is 16.3. The van der Waals surface area contributed by atoms with E-state index >= 15 is 0 Å². The molecule has 5 nitrogen and oxygen atoms in total. The number of hydrogen-bond acceptors (Lipinski definition) is 4. The van der Waals surface area contributed by atoms with Gasteiger partial charge in [0.2, 0.25) is 0 Å². The predicted molar refractivity (Wildman–Crippen MR) is 112 cm³/mol. The summed E-state index contributed by atoms with van der Waals surface area (Å²) in [6.07, 6.45) is 9.66. The van der Waals surface area contributed by atoms with Gasteiger partial charge in [-0.15, -0.1) is 0 Å². The van der Waals surface area contributed by atoms with Crippen LogP contribution in [0.15, 0.2) is 36.7 Å². The second-order valence-corrected chi connectivity index (χ2v) is 8.55. The minimum atomic E-state index is -0.633. The molecular weight excluding hydrogens is 384 g/mol. The molecule has 4 aromatic rings. The number of nitrogens with one attached hydrogen (secondary N) is 2. The van der Waals surface area contributed by atoms with Crippen molar-refractivity contribution < 1.29 is 8.78 Å². The fourth-order valence-electron chi connectivity index (χ4n) is 5.26. The Hall–Kier alpha value is -3.09. The Morgan fingerprint density at radius 2 is 1.90 bits per heavy atom. The maximum Gasteiger partial charge on any atom is 0.166 e. The number of aromatic nitrogens is 4. The van der Waals surface area contributed by atoms with Gasteiger partial charge in [0.25, 0.3) is 0 Å². The fraction of sp³-hybridized carbons (Fsp3) is 0.348. The lowest BCUT2D eigenvalue weighted by Gasteiger charge is -2.42. The molecule has 1 atom stereocenters. The van der Waals surface area contributed by atoms with E-state index in [2.05, 4.69) is 20.3 Å². The quantitative estimate of drug-likeness (QED) is 0.476. The Labute approximate surface area is 172 Å². The molecule has 0 amide bonds. The third-order valence-electron chi connectivity index (χ3n) is 6.79. The van der Waals surface area contributed by atoms with E-state index in [-0.39, 0.29) is 5.52 Å². The van der Waals surface area contributed by atoms with Crippen LogP contribution in [-0.2, 0) is 0 Å². The summed E-state index contributed by atoms with van der Waals surface area (Å²) < 4.78 is 28.0. The monoisotopic (exact) mass is 405 g/mol. The summed E-state index contributed by atoms with van der Waals surface area (Å²) in [6, 6.07) is 6.41. The van der Waals surface area contributed by atoms with Gasteiger partial charge in [-0.05, 0) is 49.3 Å². The highest BCUT2D eigenvalue weighted by molar-refractivity contribution is 5.96. The van der Waals surface area contributed by atoms with Crippen LogP contribution in [0.4, 0.5) is 14.6 Å². The molecule has 0 saturated heterocycles. The van der Waals surface area contributed by atoms with Gasteiger partial charge in [0.05, 0.1) is 10.9 Å².